The Bertz CT molecular complexity index is 1570. The predicted octanol–water partition coefficient (Wildman–Crippen LogP) is 2.48. The first kappa shape index (κ1) is 29.9. The molecule has 2 heterocycles. The second-order valence-corrected chi connectivity index (χ2v) is 14.4. The van der Waals surface area contributed by atoms with Crippen molar-refractivity contribution in [3.8, 4) is 5.75 Å². The van der Waals surface area contributed by atoms with Crippen molar-refractivity contribution in [3.05, 3.63) is 66.7 Å². The molecule has 2 saturated heterocycles. The van der Waals surface area contributed by atoms with Crippen LogP contribution in [0.15, 0.2) is 76.5 Å². The minimum Gasteiger partial charge on any atom is -0.491 e. The van der Waals surface area contributed by atoms with Crippen molar-refractivity contribution in [1.82, 2.24) is 14.3 Å². The minimum atomic E-state index is -3.60. The van der Waals surface area contributed by atoms with Crippen molar-refractivity contribution in [2.45, 2.75) is 53.7 Å². The van der Waals surface area contributed by atoms with Gasteiger partial charge in [-0.15, -0.1) is 0 Å². The van der Waals surface area contributed by atoms with Gasteiger partial charge in [-0.1, -0.05) is 43.3 Å². The number of hydrogen-bond donors (Lipinski definition) is 3. The highest BCUT2D eigenvalue weighted by atomic mass is 32.2. The van der Waals surface area contributed by atoms with Gasteiger partial charge in [0, 0.05) is 38.3 Å². The van der Waals surface area contributed by atoms with Gasteiger partial charge in [0.25, 0.3) is 0 Å². The Balaban J connectivity index is 1.09. The van der Waals surface area contributed by atoms with E-state index in [1.807, 2.05) is 30.3 Å². The van der Waals surface area contributed by atoms with E-state index in [0.29, 0.717) is 43.2 Å². The van der Waals surface area contributed by atoms with Gasteiger partial charge in [-0.3, -0.25) is 0 Å². The van der Waals surface area contributed by atoms with Gasteiger partial charge in [0.05, 0.1) is 22.0 Å². The fraction of sp³-hybridized carbons (Fsp3) is 0.448. The van der Waals surface area contributed by atoms with E-state index in [9.17, 15) is 21.9 Å². The molecule has 12 heteroatoms. The molecule has 1 unspecified atom stereocenters. The van der Waals surface area contributed by atoms with Crippen LogP contribution in [0.5, 0.6) is 5.75 Å². The molecule has 2 atom stereocenters. The molecular weight excluding hydrogens is 566 g/mol. The molecule has 3 aromatic rings. The molecule has 1 spiro atoms. The zero-order chi connectivity index (χ0) is 29.1. The van der Waals surface area contributed by atoms with Crippen molar-refractivity contribution >= 4 is 30.8 Å². The Kier molecular flexibility index (Phi) is 9.00. The van der Waals surface area contributed by atoms with Crippen molar-refractivity contribution in [2.75, 3.05) is 39.4 Å². The highest BCUT2D eigenvalue weighted by molar-refractivity contribution is 7.89. The number of hydrogen-bond acceptors (Lipinski definition) is 8. The van der Waals surface area contributed by atoms with Crippen LogP contribution in [-0.2, 0) is 24.8 Å². The van der Waals surface area contributed by atoms with Crippen LogP contribution in [0, 0.1) is 0 Å². The summed E-state index contributed by atoms with van der Waals surface area (Å²) >= 11 is 0. The second-order valence-electron chi connectivity index (χ2n) is 10.7. The van der Waals surface area contributed by atoms with Crippen LogP contribution >= 0.6 is 0 Å². The first-order valence-electron chi connectivity index (χ1n) is 13.9. The van der Waals surface area contributed by atoms with E-state index >= 15 is 0 Å². The maximum absolute atomic E-state index is 13.3. The van der Waals surface area contributed by atoms with Crippen molar-refractivity contribution in [3.63, 3.8) is 0 Å². The lowest BCUT2D eigenvalue weighted by Gasteiger charge is -2.38. The Morgan fingerprint density at radius 1 is 1.00 bits per heavy atom. The number of benzene rings is 3. The summed E-state index contributed by atoms with van der Waals surface area (Å²) in [5, 5.41) is 15.7. The van der Waals surface area contributed by atoms with Gasteiger partial charge in [-0.2, -0.15) is 4.31 Å². The van der Waals surface area contributed by atoms with Crippen LogP contribution in [-0.4, -0.2) is 83.4 Å². The maximum atomic E-state index is 13.3. The third kappa shape index (κ3) is 6.91. The van der Waals surface area contributed by atoms with E-state index in [1.54, 1.807) is 35.5 Å². The van der Waals surface area contributed by atoms with Crippen molar-refractivity contribution in [2.24, 2.45) is 0 Å². The number of nitrogens with one attached hydrogen (secondary N) is 2. The SMILES string of the molecule is CCNS(=O)(=O)c1cccc(OC[C@@H](O)CNC2COC3(CCN(S(=O)(=O)c4ccc5ccccc5c4)CC3)C2)c1. The Hall–Kier alpha value is -2.58. The maximum Gasteiger partial charge on any atom is 0.243 e. The van der Waals surface area contributed by atoms with Crippen LogP contribution in [0.1, 0.15) is 26.2 Å². The summed E-state index contributed by atoms with van der Waals surface area (Å²) < 4.78 is 66.9. The lowest BCUT2D eigenvalue weighted by atomic mass is 9.88. The number of fused-ring (bicyclic) bond motifs is 1. The number of rotatable bonds is 11. The fourth-order valence-electron chi connectivity index (χ4n) is 5.49. The molecule has 0 aromatic heterocycles. The molecule has 3 aromatic carbocycles. The Labute approximate surface area is 241 Å². The van der Waals surface area contributed by atoms with E-state index < -0.39 is 26.2 Å². The van der Waals surface area contributed by atoms with Crippen LogP contribution in [0.25, 0.3) is 10.8 Å². The zero-order valence-electron chi connectivity index (χ0n) is 23.0. The van der Waals surface area contributed by atoms with Gasteiger partial charge in [-0.25, -0.2) is 21.6 Å². The largest absolute Gasteiger partial charge is 0.491 e. The average Bonchev–Trinajstić information content (AvgIpc) is 3.37. The summed E-state index contributed by atoms with van der Waals surface area (Å²) in [7, 11) is -7.20. The molecule has 0 radical (unpaired) electrons. The molecule has 2 aliphatic rings. The smallest absolute Gasteiger partial charge is 0.243 e. The first-order valence-corrected chi connectivity index (χ1v) is 16.8. The summed E-state index contributed by atoms with van der Waals surface area (Å²) in [6.07, 6.45) is 1.13. The topological polar surface area (TPSA) is 134 Å². The highest BCUT2D eigenvalue weighted by Gasteiger charge is 2.44. The van der Waals surface area contributed by atoms with Gasteiger partial charge >= 0.3 is 0 Å². The second kappa shape index (κ2) is 12.3. The lowest BCUT2D eigenvalue weighted by Crippen LogP contribution is -2.47. The minimum absolute atomic E-state index is 0.00197. The van der Waals surface area contributed by atoms with Crippen LogP contribution in [0.3, 0.4) is 0 Å². The summed E-state index contributed by atoms with van der Waals surface area (Å²) in [4.78, 5) is 0.412. The van der Waals surface area contributed by atoms with E-state index in [4.69, 9.17) is 9.47 Å². The third-order valence-electron chi connectivity index (χ3n) is 7.74. The van der Waals surface area contributed by atoms with E-state index in [0.717, 1.165) is 17.2 Å². The van der Waals surface area contributed by atoms with E-state index in [1.165, 1.54) is 12.1 Å². The highest BCUT2D eigenvalue weighted by Crippen LogP contribution is 2.37. The molecule has 3 N–H and O–H groups in total. The molecule has 0 saturated carbocycles. The summed E-state index contributed by atoms with van der Waals surface area (Å²) in [6, 6.07) is 19.1. The average molecular weight is 604 g/mol. The van der Waals surface area contributed by atoms with Gasteiger partial charge in [0.2, 0.25) is 20.0 Å². The molecule has 2 fully saturated rings. The summed E-state index contributed by atoms with van der Waals surface area (Å²) in [5.41, 5.74) is -0.382. The van der Waals surface area contributed by atoms with Crippen LogP contribution in [0.4, 0.5) is 0 Å². The molecule has 0 amide bonds. The Morgan fingerprint density at radius 3 is 2.51 bits per heavy atom. The quantitative estimate of drug-likeness (QED) is 0.305. The molecule has 5 rings (SSSR count). The third-order valence-corrected chi connectivity index (χ3v) is 11.2. The molecule has 10 nitrogen and oxygen atoms in total. The molecule has 41 heavy (non-hydrogen) atoms. The number of aliphatic hydroxyl groups is 1. The molecule has 2 aliphatic heterocycles. The molecule has 0 aliphatic carbocycles. The van der Waals surface area contributed by atoms with E-state index in [2.05, 4.69) is 10.0 Å². The molecule has 222 valence electrons. The van der Waals surface area contributed by atoms with Gasteiger partial charge < -0.3 is 19.9 Å². The van der Waals surface area contributed by atoms with Crippen LogP contribution < -0.4 is 14.8 Å². The van der Waals surface area contributed by atoms with Gasteiger partial charge in [0.1, 0.15) is 18.5 Å². The van der Waals surface area contributed by atoms with Gasteiger partial charge in [0.15, 0.2) is 0 Å². The first-order chi connectivity index (χ1) is 19.6. The zero-order valence-corrected chi connectivity index (χ0v) is 24.7. The molecular formula is C29H37N3O7S2. The van der Waals surface area contributed by atoms with E-state index in [-0.39, 0.29) is 36.2 Å². The number of ether oxygens (including phenoxy) is 2. The summed E-state index contributed by atoms with van der Waals surface area (Å²) in [5.74, 6) is 0.358. The van der Waals surface area contributed by atoms with Gasteiger partial charge in [-0.05, 0) is 54.3 Å². The van der Waals surface area contributed by atoms with Crippen molar-refractivity contribution in [1.29, 1.82) is 0 Å². The van der Waals surface area contributed by atoms with Crippen LogP contribution in [0.2, 0.25) is 0 Å². The fourth-order valence-corrected chi connectivity index (χ4v) is 8.05. The number of sulfonamides is 2. The number of nitrogens with zero attached hydrogens (tertiary/aromatic N) is 1. The standard InChI is InChI=1S/C29H37N3O7S2/c1-2-31-40(34,35)27-9-5-8-26(17-27)38-21-25(33)19-30-24-18-29(39-20-24)12-14-32(15-13-29)41(36,37)28-11-10-22-6-3-4-7-23(22)16-28/h3-11,16-17,24-25,30-31,33H,2,12-15,18-21H2,1H3/t24?,25-/m0/s1. The number of aliphatic hydroxyl groups excluding tert-OH is 1. The normalized spacial score (nSPS) is 20.4. The lowest BCUT2D eigenvalue weighted by molar-refractivity contribution is -0.0312. The monoisotopic (exact) mass is 603 g/mol. The molecule has 0 bridgehead atoms. The number of piperidine rings is 1. The predicted molar refractivity (Wildman–Crippen MR) is 156 cm³/mol. The Morgan fingerprint density at radius 2 is 1.76 bits per heavy atom. The van der Waals surface area contributed by atoms with Crippen molar-refractivity contribution < 1.29 is 31.4 Å². The summed E-state index contributed by atoms with van der Waals surface area (Å²) in [6.45, 7) is 3.53.